The lowest BCUT2D eigenvalue weighted by atomic mass is 9.94. The molecule has 2 aliphatic rings. The normalized spacial score (nSPS) is 17.8. The molecule has 1 fully saturated rings. The third-order valence-electron chi connectivity index (χ3n) is 7.28. The number of amidine groups is 1. The van der Waals surface area contributed by atoms with Gasteiger partial charge in [-0.3, -0.25) is 4.79 Å². The molecule has 1 amide bonds. The minimum Gasteiger partial charge on any atom is -0.497 e. The summed E-state index contributed by atoms with van der Waals surface area (Å²) in [5, 5.41) is 0. The van der Waals surface area contributed by atoms with E-state index in [1.54, 1.807) is 25.3 Å². The molecule has 6 nitrogen and oxygen atoms in total. The number of methoxy groups -OCH3 is 1. The van der Waals surface area contributed by atoms with E-state index in [-0.39, 0.29) is 29.3 Å². The SMILES string of the molecule is CC[C@H](C(=O)N1CCN(C2=Nc3cc(C(F)(F)F)ccc3Oc3ccc(OC)cc32)C[C@@H]1C)c1ccccc1. The van der Waals surface area contributed by atoms with E-state index in [0.29, 0.717) is 49.0 Å². The van der Waals surface area contributed by atoms with Crippen LogP contribution in [-0.2, 0) is 11.0 Å². The molecule has 0 radical (unpaired) electrons. The Morgan fingerprint density at radius 2 is 1.82 bits per heavy atom. The van der Waals surface area contributed by atoms with E-state index < -0.39 is 11.7 Å². The van der Waals surface area contributed by atoms with Crippen molar-refractivity contribution < 1.29 is 27.4 Å². The van der Waals surface area contributed by atoms with Gasteiger partial charge in [0.25, 0.3) is 0 Å². The number of carbonyl (C=O) groups is 1. The molecule has 0 aliphatic carbocycles. The zero-order valence-electron chi connectivity index (χ0n) is 22.0. The van der Waals surface area contributed by atoms with Gasteiger partial charge in [0.2, 0.25) is 5.91 Å². The molecule has 2 heterocycles. The van der Waals surface area contributed by atoms with E-state index in [9.17, 15) is 18.0 Å². The fourth-order valence-electron chi connectivity index (χ4n) is 5.22. The lowest BCUT2D eigenvalue weighted by Crippen LogP contribution is -2.56. The van der Waals surface area contributed by atoms with Crippen LogP contribution in [0.25, 0.3) is 0 Å². The summed E-state index contributed by atoms with van der Waals surface area (Å²) in [5.74, 6) is 1.60. The molecular weight excluding hydrogens is 507 g/mol. The van der Waals surface area contributed by atoms with Crippen LogP contribution in [0.15, 0.2) is 71.7 Å². The van der Waals surface area contributed by atoms with Crippen molar-refractivity contribution in [2.75, 3.05) is 26.7 Å². The van der Waals surface area contributed by atoms with Crippen LogP contribution in [0.1, 0.15) is 42.9 Å². The molecule has 39 heavy (non-hydrogen) atoms. The fourth-order valence-corrected chi connectivity index (χ4v) is 5.22. The van der Waals surface area contributed by atoms with Crippen LogP contribution in [0.5, 0.6) is 17.2 Å². The minimum atomic E-state index is -4.51. The predicted octanol–water partition coefficient (Wildman–Crippen LogP) is 6.62. The Morgan fingerprint density at radius 1 is 1.08 bits per heavy atom. The van der Waals surface area contributed by atoms with Crippen LogP contribution in [0.4, 0.5) is 18.9 Å². The Balaban J connectivity index is 1.48. The third-order valence-corrected chi connectivity index (χ3v) is 7.28. The summed E-state index contributed by atoms with van der Waals surface area (Å²) >= 11 is 0. The van der Waals surface area contributed by atoms with Gasteiger partial charge in [0, 0.05) is 25.7 Å². The number of piperazine rings is 1. The number of aliphatic imine (C=N–C) groups is 1. The van der Waals surface area contributed by atoms with Crippen molar-refractivity contribution in [3.05, 3.63) is 83.4 Å². The monoisotopic (exact) mass is 537 g/mol. The number of nitrogens with zero attached hydrogens (tertiary/aromatic N) is 3. The maximum atomic E-state index is 13.6. The maximum Gasteiger partial charge on any atom is 0.416 e. The lowest BCUT2D eigenvalue weighted by molar-refractivity contribution is -0.138. The van der Waals surface area contributed by atoms with Gasteiger partial charge in [-0.1, -0.05) is 37.3 Å². The first-order valence-electron chi connectivity index (χ1n) is 13.0. The van der Waals surface area contributed by atoms with Crippen LogP contribution >= 0.6 is 0 Å². The Kier molecular flexibility index (Phi) is 7.25. The summed E-state index contributed by atoms with van der Waals surface area (Å²) in [4.78, 5) is 22.2. The smallest absolute Gasteiger partial charge is 0.416 e. The molecule has 2 atom stereocenters. The minimum absolute atomic E-state index is 0.0734. The van der Waals surface area contributed by atoms with E-state index in [2.05, 4.69) is 0 Å². The van der Waals surface area contributed by atoms with Gasteiger partial charge in [-0.2, -0.15) is 13.2 Å². The van der Waals surface area contributed by atoms with Crippen LogP contribution < -0.4 is 9.47 Å². The van der Waals surface area contributed by atoms with E-state index in [1.165, 1.54) is 6.07 Å². The summed E-state index contributed by atoms with van der Waals surface area (Å²) < 4.78 is 52.0. The molecule has 1 saturated heterocycles. The first kappa shape index (κ1) is 26.6. The van der Waals surface area contributed by atoms with Crippen molar-refractivity contribution in [2.24, 2.45) is 4.99 Å². The highest BCUT2D eigenvalue weighted by atomic mass is 19.4. The molecule has 9 heteroatoms. The van der Waals surface area contributed by atoms with Crippen molar-refractivity contribution in [3.8, 4) is 17.2 Å². The summed E-state index contributed by atoms with van der Waals surface area (Å²) in [5.41, 5.74) is 0.896. The van der Waals surface area contributed by atoms with Crippen LogP contribution in [0, 0.1) is 0 Å². The second-order valence-electron chi connectivity index (χ2n) is 9.78. The number of fused-ring (bicyclic) bond motifs is 2. The molecule has 3 aromatic rings. The number of benzene rings is 3. The summed E-state index contributed by atoms with van der Waals surface area (Å²) in [7, 11) is 1.55. The fraction of sp³-hybridized carbons (Fsp3) is 0.333. The van der Waals surface area contributed by atoms with E-state index in [1.807, 2.05) is 54.0 Å². The first-order valence-corrected chi connectivity index (χ1v) is 13.0. The average Bonchev–Trinajstić information content (AvgIpc) is 3.09. The van der Waals surface area contributed by atoms with Gasteiger partial charge in [0.15, 0.2) is 5.75 Å². The number of alkyl halides is 3. The van der Waals surface area contributed by atoms with Crippen molar-refractivity contribution in [1.29, 1.82) is 0 Å². The molecule has 2 aliphatic heterocycles. The second-order valence-corrected chi connectivity index (χ2v) is 9.78. The Labute approximate surface area is 225 Å². The third kappa shape index (κ3) is 5.30. The summed E-state index contributed by atoms with van der Waals surface area (Å²) in [6.07, 6.45) is -3.83. The maximum absolute atomic E-state index is 13.6. The molecular formula is C30H30F3N3O3. The van der Waals surface area contributed by atoms with Gasteiger partial charge < -0.3 is 19.3 Å². The topological polar surface area (TPSA) is 54.4 Å². The van der Waals surface area contributed by atoms with Crippen LogP contribution in [0.3, 0.4) is 0 Å². The number of carbonyl (C=O) groups excluding carboxylic acids is 1. The first-order chi connectivity index (χ1) is 18.7. The number of amides is 1. The van der Waals surface area contributed by atoms with Gasteiger partial charge in [-0.05, 0) is 55.3 Å². The largest absolute Gasteiger partial charge is 0.497 e. The van der Waals surface area contributed by atoms with Crippen molar-refractivity contribution in [3.63, 3.8) is 0 Å². The Morgan fingerprint density at radius 3 is 2.49 bits per heavy atom. The molecule has 3 aromatic carbocycles. The number of hydrogen-bond acceptors (Lipinski definition) is 5. The second kappa shape index (κ2) is 10.6. The zero-order valence-corrected chi connectivity index (χ0v) is 22.0. The predicted molar refractivity (Wildman–Crippen MR) is 143 cm³/mol. The van der Waals surface area contributed by atoms with Crippen LogP contribution in [0.2, 0.25) is 0 Å². The Hall–Kier alpha value is -4.01. The molecule has 0 aromatic heterocycles. The Bertz CT molecular complexity index is 1390. The lowest BCUT2D eigenvalue weighted by Gasteiger charge is -2.42. The zero-order chi connectivity index (χ0) is 27.7. The van der Waals surface area contributed by atoms with E-state index in [0.717, 1.165) is 17.7 Å². The molecule has 0 N–H and O–H groups in total. The van der Waals surface area contributed by atoms with Crippen molar-refractivity contribution in [1.82, 2.24) is 9.80 Å². The van der Waals surface area contributed by atoms with Crippen molar-refractivity contribution >= 4 is 17.4 Å². The van der Waals surface area contributed by atoms with E-state index in [4.69, 9.17) is 14.5 Å². The molecule has 0 bridgehead atoms. The highest BCUT2D eigenvalue weighted by Gasteiger charge is 2.36. The summed E-state index contributed by atoms with van der Waals surface area (Å²) in [6.45, 7) is 5.37. The molecule has 0 saturated carbocycles. The number of ether oxygens (including phenoxy) is 2. The number of rotatable bonds is 4. The number of halogens is 3. The molecule has 204 valence electrons. The number of hydrogen-bond donors (Lipinski definition) is 0. The highest BCUT2D eigenvalue weighted by Crippen LogP contribution is 2.42. The molecule has 0 unspecified atom stereocenters. The van der Waals surface area contributed by atoms with Gasteiger partial charge in [-0.15, -0.1) is 0 Å². The van der Waals surface area contributed by atoms with E-state index >= 15 is 0 Å². The highest BCUT2D eigenvalue weighted by molar-refractivity contribution is 6.04. The standard InChI is InChI=1S/C30H30F3N3O3/c1-4-23(20-8-6-5-7-9-20)29(37)36-15-14-35(18-19(36)2)28-24-17-22(38-3)11-13-26(24)39-27-12-10-21(30(31,32)33)16-25(27)34-28/h5-13,16-17,19,23H,4,14-15,18H2,1-3H3/t19-,23-/m0/s1. The van der Waals surface area contributed by atoms with Gasteiger partial charge in [0.05, 0.1) is 24.2 Å². The average molecular weight is 538 g/mol. The van der Waals surface area contributed by atoms with Gasteiger partial charge >= 0.3 is 6.18 Å². The van der Waals surface area contributed by atoms with Gasteiger partial charge in [0.1, 0.15) is 23.0 Å². The van der Waals surface area contributed by atoms with Gasteiger partial charge in [-0.25, -0.2) is 4.99 Å². The quantitative estimate of drug-likeness (QED) is 0.375. The molecule has 5 rings (SSSR count). The molecule has 0 spiro atoms. The van der Waals surface area contributed by atoms with Crippen molar-refractivity contribution in [2.45, 2.75) is 38.4 Å². The summed E-state index contributed by atoms with van der Waals surface area (Å²) in [6, 6.07) is 18.1. The van der Waals surface area contributed by atoms with Crippen LogP contribution in [-0.4, -0.2) is 54.3 Å².